The fourth-order valence-corrected chi connectivity index (χ4v) is 1.26. The highest BCUT2D eigenvalue weighted by molar-refractivity contribution is 5.65. The van der Waals surface area contributed by atoms with E-state index in [1.54, 1.807) is 0 Å². The van der Waals surface area contributed by atoms with Crippen LogP contribution >= 0.6 is 0 Å². The first-order chi connectivity index (χ1) is 6.27. The number of nitrogen functional groups attached to an aromatic ring is 1. The average Bonchev–Trinajstić information content (AvgIpc) is 2.16. The van der Waals surface area contributed by atoms with Gasteiger partial charge in [-0.05, 0) is 37.3 Å². The summed E-state index contributed by atoms with van der Waals surface area (Å²) in [5.41, 5.74) is 8.49. The molecule has 0 saturated heterocycles. The Kier molecular flexibility index (Phi) is 3.50. The molecule has 0 aromatic heterocycles. The van der Waals surface area contributed by atoms with Crippen LogP contribution in [-0.2, 0) is 6.42 Å². The van der Waals surface area contributed by atoms with Crippen molar-refractivity contribution in [2.45, 2.75) is 26.2 Å². The Bertz CT molecular complexity index is 292. The molecule has 1 rings (SSSR count). The third-order valence-electron chi connectivity index (χ3n) is 2.08. The molecule has 0 aliphatic rings. The summed E-state index contributed by atoms with van der Waals surface area (Å²) in [4.78, 5) is 3.86. The second kappa shape index (κ2) is 4.65. The van der Waals surface area contributed by atoms with Crippen LogP contribution in [0.15, 0.2) is 23.2 Å². The number of rotatable bonds is 4. The van der Waals surface area contributed by atoms with Gasteiger partial charge in [-0.2, -0.15) is 0 Å². The van der Waals surface area contributed by atoms with Crippen LogP contribution < -0.4 is 5.73 Å². The van der Waals surface area contributed by atoms with E-state index in [0.29, 0.717) is 5.69 Å². The Balaban J connectivity index is 2.80. The molecular weight excluding hydrogens is 160 g/mol. The van der Waals surface area contributed by atoms with Crippen molar-refractivity contribution in [1.29, 1.82) is 0 Å². The Morgan fingerprint density at radius 1 is 1.46 bits per heavy atom. The Labute approximate surface area is 79.5 Å². The molecule has 13 heavy (non-hydrogen) atoms. The van der Waals surface area contributed by atoms with Crippen molar-refractivity contribution in [3.63, 3.8) is 0 Å². The minimum Gasteiger partial charge on any atom is -0.397 e. The van der Waals surface area contributed by atoms with Gasteiger partial charge in [0.25, 0.3) is 0 Å². The summed E-state index contributed by atoms with van der Waals surface area (Å²) >= 11 is 0. The number of nitrogens with two attached hydrogens (primary N) is 1. The molecule has 0 spiro atoms. The summed E-state index contributed by atoms with van der Waals surface area (Å²) in [5, 5.41) is 0. The Morgan fingerprint density at radius 3 is 2.85 bits per heavy atom. The maximum Gasteiger partial charge on any atom is 0.0854 e. The summed E-state index contributed by atoms with van der Waals surface area (Å²) in [5.74, 6) is 0. The third-order valence-corrected chi connectivity index (χ3v) is 2.08. The minimum atomic E-state index is 0.704. The third kappa shape index (κ3) is 2.58. The van der Waals surface area contributed by atoms with Crippen molar-refractivity contribution >= 4 is 18.1 Å². The van der Waals surface area contributed by atoms with Crippen LogP contribution in [0.2, 0.25) is 0 Å². The van der Waals surface area contributed by atoms with E-state index in [-0.39, 0.29) is 0 Å². The summed E-state index contributed by atoms with van der Waals surface area (Å²) in [7, 11) is 0. The van der Waals surface area contributed by atoms with Gasteiger partial charge in [0.2, 0.25) is 0 Å². The monoisotopic (exact) mass is 176 g/mol. The zero-order valence-corrected chi connectivity index (χ0v) is 8.09. The lowest BCUT2D eigenvalue weighted by Crippen LogP contribution is -1.89. The molecule has 0 fully saturated rings. The summed E-state index contributed by atoms with van der Waals surface area (Å²) in [6, 6.07) is 5.96. The lowest BCUT2D eigenvalue weighted by molar-refractivity contribution is 0.795. The predicted octanol–water partition coefficient (Wildman–Crippen LogP) is 2.94. The second-order valence-corrected chi connectivity index (χ2v) is 3.15. The molecule has 0 unspecified atom stereocenters. The van der Waals surface area contributed by atoms with Gasteiger partial charge in [-0.3, -0.25) is 4.99 Å². The van der Waals surface area contributed by atoms with Crippen LogP contribution in [0, 0.1) is 0 Å². The van der Waals surface area contributed by atoms with E-state index in [4.69, 9.17) is 5.73 Å². The first-order valence-corrected chi connectivity index (χ1v) is 4.63. The highest BCUT2D eigenvalue weighted by atomic mass is 14.7. The molecule has 0 heterocycles. The van der Waals surface area contributed by atoms with Gasteiger partial charge in [0.1, 0.15) is 0 Å². The van der Waals surface area contributed by atoms with Gasteiger partial charge < -0.3 is 5.73 Å². The van der Waals surface area contributed by atoms with Crippen molar-refractivity contribution in [2.75, 3.05) is 5.73 Å². The normalized spacial score (nSPS) is 9.92. The van der Waals surface area contributed by atoms with Crippen LogP contribution in [0.5, 0.6) is 0 Å². The van der Waals surface area contributed by atoms with Crippen LogP contribution in [-0.4, -0.2) is 6.72 Å². The highest BCUT2D eigenvalue weighted by Crippen LogP contribution is 2.23. The van der Waals surface area contributed by atoms with Crippen molar-refractivity contribution in [3.8, 4) is 0 Å². The molecule has 1 aromatic rings. The molecule has 2 heteroatoms. The number of benzene rings is 1. The van der Waals surface area contributed by atoms with Crippen molar-refractivity contribution in [1.82, 2.24) is 0 Å². The molecule has 0 bridgehead atoms. The predicted molar refractivity (Wildman–Crippen MR) is 58.7 cm³/mol. The van der Waals surface area contributed by atoms with Gasteiger partial charge in [-0.1, -0.05) is 19.4 Å². The van der Waals surface area contributed by atoms with E-state index < -0.39 is 0 Å². The number of aryl methyl sites for hydroxylation is 1. The van der Waals surface area contributed by atoms with E-state index in [1.807, 2.05) is 12.1 Å². The SMILES string of the molecule is C=Nc1cc(CCCC)ccc1N. The van der Waals surface area contributed by atoms with Crippen LogP contribution in [0.3, 0.4) is 0 Å². The number of aliphatic imine (C=N–C) groups is 1. The van der Waals surface area contributed by atoms with Crippen molar-refractivity contribution in [2.24, 2.45) is 4.99 Å². The van der Waals surface area contributed by atoms with E-state index in [1.165, 1.54) is 18.4 Å². The fourth-order valence-electron chi connectivity index (χ4n) is 1.26. The second-order valence-electron chi connectivity index (χ2n) is 3.15. The Hall–Kier alpha value is -1.31. The fraction of sp³-hybridized carbons (Fsp3) is 0.364. The number of unbranched alkanes of at least 4 members (excludes halogenated alkanes) is 1. The topological polar surface area (TPSA) is 38.4 Å². The van der Waals surface area contributed by atoms with Crippen LogP contribution in [0.4, 0.5) is 11.4 Å². The summed E-state index contributed by atoms with van der Waals surface area (Å²) in [6.45, 7) is 5.67. The number of hydrogen-bond donors (Lipinski definition) is 1. The first kappa shape index (κ1) is 9.78. The molecule has 2 nitrogen and oxygen atoms in total. The van der Waals surface area contributed by atoms with Gasteiger partial charge in [0.05, 0.1) is 11.4 Å². The lowest BCUT2D eigenvalue weighted by atomic mass is 10.1. The van der Waals surface area contributed by atoms with Gasteiger partial charge in [0, 0.05) is 0 Å². The molecule has 0 radical (unpaired) electrons. The summed E-state index contributed by atoms with van der Waals surface area (Å²) in [6.07, 6.45) is 3.51. The van der Waals surface area contributed by atoms with E-state index in [9.17, 15) is 0 Å². The maximum atomic E-state index is 5.69. The maximum absolute atomic E-state index is 5.69. The van der Waals surface area contributed by atoms with Gasteiger partial charge in [-0.15, -0.1) is 0 Å². The quantitative estimate of drug-likeness (QED) is 0.556. The molecule has 0 atom stereocenters. The number of anilines is 1. The van der Waals surface area contributed by atoms with Crippen molar-refractivity contribution in [3.05, 3.63) is 23.8 Å². The van der Waals surface area contributed by atoms with Gasteiger partial charge in [0.15, 0.2) is 0 Å². The van der Waals surface area contributed by atoms with Gasteiger partial charge >= 0.3 is 0 Å². The molecule has 0 aliphatic heterocycles. The number of nitrogens with zero attached hydrogens (tertiary/aromatic N) is 1. The minimum absolute atomic E-state index is 0.704. The number of hydrogen-bond acceptors (Lipinski definition) is 2. The molecule has 0 saturated carbocycles. The Morgan fingerprint density at radius 2 is 2.23 bits per heavy atom. The lowest BCUT2D eigenvalue weighted by Gasteiger charge is -2.03. The van der Waals surface area contributed by atoms with E-state index >= 15 is 0 Å². The van der Waals surface area contributed by atoms with Gasteiger partial charge in [-0.25, -0.2) is 0 Å². The molecule has 1 aromatic carbocycles. The zero-order valence-electron chi connectivity index (χ0n) is 8.09. The molecular formula is C11H16N2. The largest absolute Gasteiger partial charge is 0.397 e. The smallest absolute Gasteiger partial charge is 0.0854 e. The average molecular weight is 176 g/mol. The highest BCUT2D eigenvalue weighted by Gasteiger charge is 1.98. The standard InChI is InChI=1S/C11H16N2/c1-3-4-5-9-6-7-10(12)11(8-9)13-2/h6-8H,2-5,12H2,1H3. The molecule has 70 valence electrons. The van der Waals surface area contributed by atoms with Crippen molar-refractivity contribution < 1.29 is 0 Å². The van der Waals surface area contributed by atoms with Crippen LogP contribution in [0.25, 0.3) is 0 Å². The van der Waals surface area contributed by atoms with E-state index in [2.05, 4.69) is 24.7 Å². The molecule has 0 amide bonds. The molecule has 0 aliphatic carbocycles. The summed E-state index contributed by atoms with van der Waals surface area (Å²) < 4.78 is 0. The first-order valence-electron chi connectivity index (χ1n) is 4.63. The van der Waals surface area contributed by atoms with E-state index in [0.717, 1.165) is 12.1 Å². The van der Waals surface area contributed by atoms with Crippen LogP contribution in [0.1, 0.15) is 25.3 Å². The molecule has 2 N–H and O–H groups in total. The zero-order chi connectivity index (χ0) is 9.68.